The Kier molecular flexibility index (Phi) is 6.21. The van der Waals surface area contributed by atoms with E-state index in [1.807, 2.05) is 12.3 Å². The number of hydrogen-bond acceptors (Lipinski definition) is 3. The first kappa shape index (κ1) is 15.4. The molecule has 0 atom stereocenters. The minimum absolute atomic E-state index is 0.303. The van der Waals surface area contributed by atoms with Crippen molar-refractivity contribution < 1.29 is 14.7 Å². The number of nitrogens with zero attached hydrogens (tertiary/aromatic N) is 2. The SMILES string of the molecule is CSCCN(C)C(=O)N(CC(=O)O)c1ccccc1. The Balaban J connectivity index is 2.85. The minimum Gasteiger partial charge on any atom is -0.480 e. The lowest BCUT2D eigenvalue weighted by Gasteiger charge is -2.26. The fraction of sp³-hybridized carbons (Fsp3) is 0.385. The number of carboxylic acid groups (broad SMARTS) is 1. The van der Waals surface area contributed by atoms with Crippen molar-refractivity contribution in [3.8, 4) is 0 Å². The van der Waals surface area contributed by atoms with Crippen molar-refractivity contribution in [3.05, 3.63) is 30.3 Å². The average Bonchev–Trinajstić information content (AvgIpc) is 2.42. The zero-order valence-electron chi connectivity index (χ0n) is 11.1. The quantitative estimate of drug-likeness (QED) is 0.867. The van der Waals surface area contributed by atoms with Crippen LogP contribution >= 0.6 is 11.8 Å². The summed E-state index contributed by atoms with van der Waals surface area (Å²) in [7, 11) is 1.68. The van der Waals surface area contributed by atoms with Gasteiger partial charge in [0.05, 0.1) is 0 Å². The summed E-state index contributed by atoms with van der Waals surface area (Å²) < 4.78 is 0. The second-order valence-electron chi connectivity index (χ2n) is 4.01. The van der Waals surface area contributed by atoms with E-state index in [2.05, 4.69) is 0 Å². The normalized spacial score (nSPS) is 10.0. The lowest BCUT2D eigenvalue weighted by Crippen LogP contribution is -2.44. The molecule has 104 valence electrons. The van der Waals surface area contributed by atoms with E-state index in [9.17, 15) is 9.59 Å². The number of amides is 2. The number of para-hydroxylation sites is 1. The van der Waals surface area contributed by atoms with Gasteiger partial charge in [0, 0.05) is 25.0 Å². The summed E-state index contributed by atoms with van der Waals surface area (Å²) in [4.78, 5) is 26.0. The maximum absolute atomic E-state index is 12.3. The Morgan fingerprint density at radius 2 is 1.89 bits per heavy atom. The lowest BCUT2D eigenvalue weighted by molar-refractivity contribution is -0.135. The Hall–Kier alpha value is -1.69. The number of thioether (sulfide) groups is 1. The second-order valence-corrected chi connectivity index (χ2v) is 5.00. The summed E-state index contributed by atoms with van der Waals surface area (Å²) >= 11 is 1.64. The number of benzene rings is 1. The van der Waals surface area contributed by atoms with E-state index < -0.39 is 5.97 Å². The van der Waals surface area contributed by atoms with Crippen molar-refractivity contribution in [3.63, 3.8) is 0 Å². The molecule has 6 heteroatoms. The van der Waals surface area contributed by atoms with Gasteiger partial charge in [-0.15, -0.1) is 0 Å². The number of urea groups is 1. The van der Waals surface area contributed by atoms with Gasteiger partial charge < -0.3 is 10.0 Å². The van der Waals surface area contributed by atoms with Crippen molar-refractivity contribution >= 4 is 29.4 Å². The highest BCUT2D eigenvalue weighted by molar-refractivity contribution is 7.98. The third-order valence-corrected chi connectivity index (χ3v) is 3.14. The molecule has 0 bridgehead atoms. The summed E-state index contributed by atoms with van der Waals surface area (Å²) in [6.07, 6.45) is 1.96. The van der Waals surface area contributed by atoms with Crippen LogP contribution in [0, 0.1) is 0 Å². The molecule has 0 saturated carbocycles. The van der Waals surface area contributed by atoms with Gasteiger partial charge in [-0.25, -0.2) is 4.79 Å². The smallest absolute Gasteiger partial charge is 0.324 e. The predicted octanol–water partition coefficient (Wildman–Crippen LogP) is 1.99. The minimum atomic E-state index is -1.03. The second kappa shape index (κ2) is 7.68. The van der Waals surface area contributed by atoms with E-state index in [0.29, 0.717) is 12.2 Å². The lowest BCUT2D eigenvalue weighted by atomic mass is 10.3. The molecular weight excluding hydrogens is 264 g/mol. The fourth-order valence-corrected chi connectivity index (χ4v) is 2.00. The molecule has 0 aliphatic carbocycles. The maximum atomic E-state index is 12.3. The largest absolute Gasteiger partial charge is 0.480 e. The third kappa shape index (κ3) is 4.82. The molecule has 19 heavy (non-hydrogen) atoms. The molecule has 0 spiro atoms. The van der Waals surface area contributed by atoms with E-state index in [-0.39, 0.29) is 12.6 Å². The number of rotatable bonds is 6. The molecule has 0 heterocycles. The first-order valence-electron chi connectivity index (χ1n) is 5.84. The monoisotopic (exact) mass is 282 g/mol. The van der Waals surface area contributed by atoms with Crippen molar-refractivity contribution in [2.75, 3.05) is 37.0 Å². The number of aliphatic carboxylic acids is 1. The Labute approximate surface area is 117 Å². The standard InChI is InChI=1S/C13H18N2O3S/c1-14(8-9-19-2)13(18)15(10-12(16)17)11-6-4-3-5-7-11/h3-7H,8-10H2,1-2H3,(H,16,17). The van der Waals surface area contributed by atoms with Gasteiger partial charge in [-0.1, -0.05) is 18.2 Å². The van der Waals surface area contributed by atoms with Gasteiger partial charge in [0.1, 0.15) is 6.54 Å². The molecule has 1 N–H and O–H groups in total. The number of carbonyl (C=O) groups excluding carboxylic acids is 1. The number of hydrogen-bond donors (Lipinski definition) is 1. The molecule has 0 saturated heterocycles. The van der Waals surface area contributed by atoms with Gasteiger partial charge in [0.25, 0.3) is 0 Å². The summed E-state index contributed by atoms with van der Waals surface area (Å²) in [6.45, 7) is 0.245. The molecule has 5 nitrogen and oxygen atoms in total. The van der Waals surface area contributed by atoms with Crippen LogP contribution in [0.4, 0.5) is 10.5 Å². The number of carbonyl (C=O) groups is 2. The Morgan fingerprint density at radius 3 is 2.42 bits per heavy atom. The molecule has 0 unspecified atom stereocenters. The molecule has 0 aliphatic heterocycles. The van der Waals surface area contributed by atoms with Gasteiger partial charge in [0.15, 0.2) is 0 Å². The van der Waals surface area contributed by atoms with E-state index in [1.54, 1.807) is 43.1 Å². The van der Waals surface area contributed by atoms with Crippen LogP contribution in [0.15, 0.2) is 30.3 Å². The summed E-state index contributed by atoms with van der Waals surface area (Å²) in [5.41, 5.74) is 0.589. The van der Waals surface area contributed by atoms with Crippen LogP contribution in [0.25, 0.3) is 0 Å². The first-order valence-corrected chi connectivity index (χ1v) is 7.24. The van der Waals surface area contributed by atoms with Crippen LogP contribution in [0.5, 0.6) is 0 Å². The fourth-order valence-electron chi connectivity index (χ4n) is 1.54. The average molecular weight is 282 g/mol. The number of carboxylic acids is 1. The highest BCUT2D eigenvalue weighted by atomic mass is 32.2. The van der Waals surface area contributed by atoms with Crippen LogP contribution < -0.4 is 4.90 Å². The molecule has 1 aromatic carbocycles. The van der Waals surface area contributed by atoms with Crippen molar-refractivity contribution in [2.24, 2.45) is 0 Å². The van der Waals surface area contributed by atoms with Gasteiger partial charge in [-0.2, -0.15) is 11.8 Å². The van der Waals surface area contributed by atoms with Crippen molar-refractivity contribution in [1.29, 1.82) is 0 Å². The van der Waals surface area contributed by atoms with Gasteiger partial charge >= 0.3 is 12.0 Å². The third-order valence-electron chi connectivity index (χ3n) is 2.55. The molecule has 1 rings (SSSR count). The van der Waals surface area contributed by atoms with E-state index in [0.717, 1.165) is 5.75 Å². The predicted molar refractivity (Wildman–Crippen MR) is 77.8 cm³/mol. The van der Waals surface area contributed by atoms with Gasteiger partial charge in [0.2, 0.25) is 0 Å². The van der Waals surface area contributed by atoms with Crippen LogP contribution in [-0.4, -0.2) is 54.2 Å². The Morgan fingerprint density at radius 1 is 1.26 bits per heavy atom. The van der Waals surface area contributed by atoms with E-state index >= 15 is 0 Å². The van der Waals surface area contributed by atoms with Crippen molar-refractivity contribution in [1.82, 2.24) is 4.90 Å². The molecule has 0 aliphatic rings. The number of anilines is 1. The topological polar surface area (TPSA) is 60.9 Å². The summed E-state index contributed by atoms with van der Waals surface area (Å²) in [5.74, 6) is -0.215. The van der Waals surface area contributed by atoms with Crippen LogP contribution in [0.2, 0.25) is 0 Å². The molecule has 1 aromatic rings. The summed E-state index contributed by atoms with van der Waals surface area (Å²) in [5, 5.41) is 8.94. The molecule has 2 amide bonds. The van der Waals surface area contributed by atoms with Crippen LogP contribution in [0.3, 0.4) is 0 Å². The molecule has 0 aromatic heterocycles. The highest BCUT2D eigenvalue weighted by Crippen LogP contribution is 2.15. The van der Waals surface area contributed by atoms with E-state index in [1.165, 1.54) is 9.80 Å². The Bertz CT molecular complexity index is 425. The zero-order valence-corrected chi connectivity index (χ0v) is 11.9. The van der Waals surface area contributed by atoms with Crippen LogP contribution in [-0.2, 0) is 4.79 Å². The van der Waals surface area contributed by atoms with Crippen LogP contribution in [0.1, 0.15) is 0 Å². The maximum Gasteiger partial charge on any atom is 0.324 e. The van der Waals surface area contributed by atoms with Crippen molar-refractivity contribution in [2.45, 2.75) is 0 Å². The van der Waals surface area contributed by atoms with E-state index in [4.69, 9.17) is 5.11 Å². The highest BCUT2D eigenvalue weighted by Gasteiger charge is 2.21. The summed E-state index contributed by atoms with van der Waals surface area (Å²) in [6, 6.07) is 8.53. The molecule has 0 radical (unpaired) electrons. The zero-order chi connectivity index (χ0) is 14.3. The molecular formula is C13H18N2O3S. The van der Waals surface area contributed by atoms with Gasteiger partial charge in [-0.3, -0.25) is 9.69 Å². The first-order chi connectivity index (χ1) is 9.06. The molecule has 0 fully saturated rings. The van der Waals surface area contributed by atoms with Gasteiger partial charge in [-0.05, 0) is 18.4 Å².